The van der Waals surface area contributed by atoms with Crippen molar-refractivity contribution in [2.45, 2.75) is 12.3 Å². The SMILES string of the molecule is NNc1cc2cccc(F)c2nc1C1CCOC1. The predicted octanol–water partition coefficient (Wildman–Crippen LogP) is 2.16. The van der Waals surface area contributed by atoms with Crippen LogP contribution in [-0.4, -0.2) is 18.2 Å². The number of hydrogen-bond donors (Lipinski definition) is 2. The first-order valence-corrected chi connectivity index (χ1v) is 5.93. The molecule has 2 heterocycles. The summed E-state index contributed by atoms with van der Waals surface area (Å²) in [6.45, 7) is 1.33. The summed E-state index contributed by atoms with van der Waals surface area (Å²) in [4.78, 5) is 4.43. The molecule has 1 aliphatic heterocycles. The summed E-state index contributed by atoms with van der Waals surface area (Å²) in [6.07, 6.45) is 0.891. The number of fused-ring (bicyclic) bond motifs is 1. The van der Waals surface area contributed by atoms with E-state index in [1.54, 1.807) is 6.07 Å². The molecular weight excluding hydrogens is 233 g/mol. The van der Waals surface area contributed by atoms with Crippen molar-refractivity contribution in [3.05, 3.63) is 35.8 Å². The number of hydrogen-bond acceptors (Lipinski definition) is 4. The van der Waals surface area contributed by atoms with Gasteiger partial charge in [0.2, 0.25) is 0 Å². The molecule has 1 fully saturated rings. The van der Waals surface area contributed by atoms with Gasteiger partial charge in [-0.05, 0) is 18.6 Å². The van der Waals surface area contributed by atoms with E-state index in [2.05, 4.69) is 10.4 Å². The molecule has 2 aromatic rings. The smallest absolute Gasteiger partial charge is 0.149 e. The van der Waals surface area contributed by atoms with E-state index in [-0.39, 0.29) is 11.7 Å². The Balaban J connectivity index is 2.19. The highest BCUT2D eigenvalue weighted by atomic mass is 19.1. The normalized spacial score (nSPS) is 19.3. The zero-order valence-electron chi connectivity index (χ0n) is 9.82. The molecule has 94 valence electrons. The van der Waals surface area contributed by atoms with Crippen molar-refractivity contribution < 1.29 is 9.13 Å². The van der Waals surface area contributed by atoms with E-state index >= 15 is 0 Å². The summed E-state index contributed by atoms with van der Waals surface area (Å²) < 4.78 is 19.1. The van der Waals surface area contributed by atoms with Crippen LogP contribution in [0.1, 0.15) is 18.0 Å². The molecule has 1 aromatic heterocycles. The lowest BCUT2D eigenvalue weighted by Gasteiger charge is -2.14. The Bertz CT molecular complexity index is 582. The second kappa shape index (κ2) is 4.51. The van der Waals surface area contributed by atoms with Crippen molar-refractivity contribution in [2.75, 3.05) is 18.6 Å². The highest BCUT2D eigenvalue weighted by Crippen LogP contribution is 2.32. The molecule has 1 atom stereocenters. The Kier molecular flexibility index (Phi) is 2.85. The number of benzene rings is 1. The Morgan fingerprint density at radius 2 is 2.33 bits per heavy atom. The van der Waals surface area contributed by atoms with Gasteiger partial charge in [0.1, 0.15) is 11.3 Å². The summed E-state index contributed by atoms with van der Waals surface area (Å²) in [5, 5.41) is 0.741. The van der Waals surface area contributed by atoms with E-state index in [4.69, 9.17) is 10.6 Å². The average molecular weight is 247 g/mol. The summed E-state index contributed by atoms with van der Waals surface area (Å²) in [5.41, 5.74) is 4.56. The fraction of sp³-hybridized carbons (Fsp3) is 0.308. The minimum absolute atomic E-state index is 0.181. The molecule has 0 spiro atoms. The first kappa shape index (κ1) is 11.4. The van der Waals surface area contributed by atoms with Crippen molar-refractivity contribution in [1.82, 2.24) is 4.98 Å². The standard InChI is InChI=1S/C13H14FN3O/c14-10-3-1-2-8-6-11(17-15)13(16-12(8)10)9-4-5-18-7-9/h1-3,6,9,17H,4-5,7,15H2. The van der Waals surface area contributed by atoms with Crippen LogP contribution in [0.2, 0.25) is 0 Å². The molecule has 3 N–H and O–H groups in total. The van der Waals surface area contributed by atoms with Gasteiger partial charge >= 0.3 is 0 Å². The Morgan fingerprint density at radius 1 is 1.44 bits per heavy atom. The molecule has 0 radical (unpaired) electrons. The topological polar surface area (TPSA) is 60.2 Å². The van der Waals surface area contributed by atoms with Gasteiger partial charge in [-0.1, -0.05) is 12.1 Å². The zero-order chi connectivity index (χ0) is 12.5. The number of halogens is 1. The van der Waals surface area contributed by atoms with Crippen molar-refractivity contribution in [1.29, 1.82) is 0 Å². The molecule has 5 heteroatoms. The molecule has 0 amide bonds. The van der Waals surface area contributed by atoms with Gasteiger partial charge < -0.3 is 10.2 Å². The lowest BCUT2D eigenvalue weighted by molar-refractivity contribution is 0.193. The number of rotatable bonds is 2. The Labute approximate surface area is 104 Å². The van der Waals surface area contributed by atoms with Crippen LogP contribution in [-0.2, 0) is 4.74 Å². The highest BCUT2D eigenvalue weighted by molar-refractivity contribution is 5.83. The van der Waals surface area contributed by atoms with Gasteiger partial charge in [0.15, 0.2) is 0 Å². The number of aromatic nitrogens is 1. The van der Waals surface area contributed by atoms with Crippen LogP contribution in [0.5, 0.6) is 0 Å². The van der Waals surface area contributed by atoms with E-state index in [0.29, 0.717) is 18.7 Å². The molecular formula is C13H14FN3O. The number of nitrogens with two attached hydrogens (primary N) is 1. The van der Waals surface area contributed by atoms with Gasteiger partial charge in [0.05, 0.1) is 18.0 Å². The fourth-order valence-electron chi connectivity index (χ4n) is 2.35. The van der Waals surface area contributed by atoms with E-state index < -0.39 is 0 Å². The number of pyridine rings is 1. The van der Waals surface area contributed by atoms with Gasteiger partial charge in [-0.2, -0.15) is 0 Å². The van der Waals surface area contributed by atoms with Gasteiger partial charge in [0.25, 0.3) is 0 Å². The van der Waals surface area contributed by atoms with Crippen LogP contribution in [0.3, 0.4) is 0 Å². The van der Waals surface area contributed by atoms with Crippen molar-refractivity contribution >= 4 is 16.6 Å². The maximum absolute atomic E-state index is 13.7. The van der Waals surface area contributed by atoms with Gasteiger partial charge in [0, 0.05) is 17.9 Å². The number of anilines is 1. The fourth-order valence-corrected chi connectivity index (χ4v) is 2.35. The van der Waals surface area contributed by atoms with Crippen LogP contribution < -0.4 is 11.3 Å². The minimum atomic E-state index is -0.309. The number of nitrogen functional groups attached to an aromatic ring is 1. The maximum Gasteiger partial charge on any atom is 0.149 e. The summed E-state index contributed by atoms with van der Waals surface area (Å²) in [6, 6.07) is 6.73. The monoisotopic (exact) mass is 247 g/mol. The zero-order valence-corrected chi connectivity index (χ0v) is 9.82. The third-order valence-corrected chi connectivity index (χ3v) is 3.30. The minimum Gasteiger partial charge on any atom is -0.381 e. The van der Waals surface area contributed by atoms with E-state index in [1.165, 1.54) is 6.07 Å². The molecule has 1 saturated heterocycles. The summed E-state index contributed by atoms with van der Waals surface area (Å²) >= 11 is 0. The molecule has 4 nitrogen and oxygen atoms in total. The highest BCUT2D eigenvalue weighted by Gasteiger charge is 2.23. The number of nitrogens with one attached hydrogen (secondary N) is 1. The van der Waals surface area contributed by atoms with Crippen LogP contribution in [0.4, 0.5) is 10.1 Å². The van der Waals surface area contributed by atoms with Crippen LogP contribution in [0.15, 0.2) is 24.3 Å². The molecule has 1 aliphatic rings. The van der Waals surface area contributed by atoms with E-state index in [1.807, 2.05) is 12.1 Å². The second-order valence-electron chi connectivity index (χ2n) is 4.44. The van der Waals surface area contributed by atoms with Crippen LogP contribution >= 0.6 is 0 Å². The van der Waals surface area contributed by atoms with Crippen LogP contribution in [0, 0.1) is 5.82 Å². The molecule has 0 aliphatic carbocycles. The van der Waals surface area contributed by atoms with Crippen molar-refractivity contribution in [3.63, 3.8) is 0 Å². The first-order chi connectivity index (χ1) is 8.79. The number of para-hydroxylation sites is 1. The third kappa shape index (κ3) is 1.81. The third-order valence-electron chi connectivity index (χ3n) is 3.30. The van der Waals surface area contributed by atoms with E-state index in [0.717, 1.165) is 23.2 Å². The molecule has 3 rings (SSSR count). The maximum atomic E-state index is 13.7. The lowest BCUT2D eigenvalue weighted by Crippen LogP contribution is -2.13. The van der Waals surface area contributed by atoms with Gasteiger partial charge in [-0.3, -0.25) is 5.84 Å². The molecule has 1 aromatic carbocycles. The number of hydrazine groups is 1. The second-order valence-corrected chi connectivity index (χ2v) is 4.44. The predicted molar refractivity (Wildman–Crippen MR) is 67.7 cm³/mol. The summed E-state index contributed by atoms with van der Waals surface area (Å²) in [7, 11) is 0. The average Bonchev–Trinajstić information content (AvgIpc) is 2.91. The number of ether oxygens (including phenoxy) is 1. The quantitative estimate of drug-likeness (QED) is 0.630. The van der Waals surface area contributed by atoms with Crippen LogP contribution in [0.25, 0.3) is 10.9 Å². The lowest BCUT2D eigenvalue weighted by atomic mass is 10.0. The van der Waals surface area contributed by atoms with Gasteiger partial charge in [-0.25, -0.2) is 9.37 Å². The van der Waals surface area contributed by atoms with E-state index in [9.17, 15) is 4.39 Å². The molecule has 1 unspecified atom stereocenters. The Morgan fingerprint density at radius 3 is 3.06 bits per heavy atom. The number of nitrogens with zero attached hydrogens (tertiary/aromatic N) is 1. The molecule has 0 bridgehead atoms. The largest absolute Gasteiger partial charge is 0.381 e. The van der Waals surface area contributed by atoms with Gasteiger partial charge in [-0.15, -0.1) is 0 Å². The molecule has 18 heavy (non-hydrogen) atoms. The molecule has 0 saturated carbocycles. The Hall–Kier alpha value is -1.72. The summed E-state index contributed by atoms with van der Waals surface area (Å²) in [5.74, 6) is 5.39. The first-order valence-electron chi connectivity index (χ1n) is 5.93. The van der Waals surface area contributed by atoms with Crippen molar-refractivity contribution in [3.8, 4) is 0 Å². The van der Waals surface area contributed by atoms with Crippen molar-refractivity contribution in [2.24, 2.45) is 5.84 Å².